The monoisotopic (exact) mass is 235 g/mol. The van der Waals surface area contributed by atoms with Crippen LogP contribution < -0.4 is 0 Å². The molecule has 1 aliphatic rings. The summed E-state index contributed by atoms with van der Waals surface area (Å²) in [6.07, 6.45) is 4.39. The second-order valence-electron chi connectivity index (χ2n) is 4.88. The van der Waals surface area contributed by atoms with Gasteiger partial charge in [0.2, 0.25) is 0 Å². The number of carbonyl (C=O) groups excluding carboxylic acids is 1. The number of aryl methyl sites for hydroxylation is 1. The average Bonchev–Trinajstić information content (AvgIpc) is 2.70. The highest BCUT2D eigenvalue weighted by Crippen LogP contribution is 2.21. The van der Waals surface area contributed by atoms with E-state index in [1.807, 2.05) is 13.1 Å². The molecule has 0 saturated carbocycles. The van der Waals surface area contributed by atoms with Gasteiger partial charge in [0.1, 0.15) is 5.69 Å². The van der Waals surface area contributed by atoms with Gasteiger partial charge in [-0.05, 0) is 50.9 Å². The first-order valence-electron chi connectivity index (χ1n) is 6.43. The molecule has 0 unspecified atom stereocenters. The third-order valence-electron chi connectivity index (χ3n) is 3.74. The summed E-state index contributed by atoms with van der Waals surface area (Å²) < 4.78 is 1.67. The Balaban J connectivity index is 1.90. The first-order chi connectivity index (χ1) is 8.22. The van der Waals surface area contributed by atoms with Crippen LogP contribution in [0.1, 0.15) is 35.9 Å². The predicted octanol–water partition coefficient (Wildman–Crippen LogP) is 1.51. The van der Waals surface area contributed by atoms with E-state index in [4.69, 9.17) is 0 Å². The van der Waals surface area contributed by atoms with Crippen LogP contribution >= 0.6 is 0 Å². The fourth-order valence-corrected chi connectivity index (χ4v) is 2.56. The minimum absolute atomic E-state index is 0.672. The molecular weight excluding hydrogens is 214 g/mol. The molecule has 4 nitrogen and oxygen atoms in total. The lowest BCUT2D eigenvalue weighted by molar-refractivity contribution is 0.111. The van der Waals surface area contributed by atoms with E-state index in [1.54, 1.807) is 4.68 Å². The second kappa shape index (κ2) is 5.45. The molecule has 0 aliphatic carbocycles. The van der Waals surface area contributed by atoms with Gasteiger partial charge < -0.3 is 4.90 Å². The van der Waals surface area contributed by atoms with Gasteiger partial charge in [-0.3, -0.25) is 9.48 Å². The van der Waals surface area contributed by atoms with Crippen molar-refractivity contribution in [3.63, 3.8) is 0 Å². The molecule has 0 radical (unpaired) electrons. The van der Waals surface area contributed by atoms with Crippen molar-refractivity contribution in [3.8, 4) is 0 Å². The summed E-state index contributed by atoms with van der Waals surface area (Å²) in [6, 6.07) is 1.92. The van der Waals surface area contributed by atoms with Crippen molar-refractivity contribution < 1.29 is 4.79 Å². The first kappa shape index (κ1) is 12.3. The molecular formula is C13H21N3O. The quantitative estimate of drug-likeness (QED) is 0.742. The molecule has 0 bridgehead atoms. The second-order valence-corrected chi connectivity index (χ2v) is 4.88. The molecule has 4 heteroatoms. The fraction of sp³-hybridized carbons (Fsp3) is 0.692. The van der Waals surface area contributed by atoms with Crippen LogP contribution in [0.15, 0.2) is 6.07 Å². The third kappa shape index (κ3) is 2.94. The molecule has 1 aromatic rings. The topological polar surface area (TPSA) is 38.1 Å². The number of hydrogen-bond acceptors (Lipinski definition) is 3. The molecule has 0 atom stereocenters. The number of nitrogens with zero attached hydrogens (tertiary/aromatic N) is 3. The molecule has 2 rings (SSSR count). The van der Waals surface area contributed by atoms with Crippen molar-refractivity contribution in [2.45, 2.75) is 26.2 Å². The Labute approximate surface area is 103 Å². The molecule has 0 aromatic carbocycles. The van der Waals surface area contributed by atoms with Crippen LogP contribution in [0.4, 0.5) is 0 Å². The highest BCUT2D eigenvalue weighted by atomic mass is 16.1. The highest BCUT2D eigenvalue weighted by Gasteiger charge is 2.19. The summed E-state index contributed by atoms with van der Waals surface area (Å²) in [6.45, 7) is 5.78. The van der Waals surface area contributed by atoms with Crippen LogP contribution in [0.25, 0.3) is 0 Å². The smallest absolute Gasteiger partial charge is 0.168 e. The SMILES string of the molecule is CCN1CCC(Cc2cc(C=O)n(C)n2)CC1. The van der Waals surface area contributed by atoms with E-state index in [2.05, 4.69) is 16.9 Å². The lowest BCUT2D eigenvalue weighted by Crippen LogP contribution is -2.34. The van der Waals surface area contributed by atoms with E-state index < -0.39 is 0 Å². The molecule has 2 heterocycles. The Morgan fingerprint density at radius 3 is 2.71 bits per heavy atom. The molecule has 17 heavy (non-hydrogen) atoms. The summed E-state index contributed by atoms with van der Waals surface area (Å²) in [4.78, 5) is 13.2. The zero-order chi connectivity index (χ0) is 12.3. The number of aldehydes is 1. The Kier molecular flexibility index (Phi) is 3.94. The van der Waals surface area contributed by atoms with Gasteiger partial charge in [-0.15, -0.1) is 0 Å². The van der Waals surface area contributed by atoms with Crippen LogP contribution in [0, 0.1) is 5.92 Å². The minimum Gasteiger partial charge on any atom is -0.304 e. The van der Waals surface area contributed by atoms with E-state index in [-0.39, 0.29) is 0 Å². The van der Waals surface area contributed by atoms with Crippen LogP contribution in [-0.4, -0.2) is 40.6 Å². The minimum atomic E-state index is 0.672. The highest BCUT2D eigenvalue weighted by molar-refractivity contribution is 5.72. The lowest BCUT2D eigenvalue weighted by Gasteiger charge is -2.30. The lowest BCUT2D eigenvalue weighted by atomic mass is 9.92. The van der Waals surface area contributed by atoms with Crippen LogP contribution in [0.5, 0.6) is 0 Å². The number of piperidine rings is 1. The van der Waals surface area contributed by atoms with Crippen LogP contribution in [-0.2, 0) is 13.5 Å². The normalized spacial score (nSPS) is 18.5. The molecule has 1 saturated heterocycles. The van der Waals surface area contributed by atoms with Gasteiger partial charge in [-0.1, -0.05) is 6.92 Å². The largest absolute Gasteiger partial charge is 0.304 e. The van der Waals surface area contributed by atoms with Crippen LogP contribution in [0.2, 0.25) is 0 Å². The maximum atomic E-state index is 10.7. The zero-order valence-electron chi connectivity index (χ0n) is 10.7. The molecule has 1 aliphatic heterocycles. The van der Waals surface area contributed by atoms with Crippen molar-refractivity contribution in [2.75, 3.05) is 19.6 Å². The molecule has 0 amide bonds. The maximum absolute atomic E-state index is 10.7. The third-order valence-corrected chi connectivity index (χ3v) is 3.74. The Morgan fingerprint density at radius 2 is 2.18 bits per heavy atom. The summed E-state index contributed by atoms with van der Waals surface area (Å²) in [7, 11) is 1.83. The van der Waals surface area contributed by atoms with E-state index in [1.165, 1.54) is 25.9 Å². The molecule has 1 fully saturated rings. The number of rotatable bonds is 4. The number of carbonyl (C=O) groups is 1. The maximum Gasteiger partial charge on any atom is 0.168 e. The average molecular weight is 235 g/mol. The van der Waals surface area contributed by atoms with Gasteiger partial charge in [0, 0.05) is 7.05 Å². The van der Waals surface area contributed by atoms with E-state index in [0.717, 1.165) is 30.9 Å². The number of likely N-dealkylation sites (tertiary alicyclic amines) is 1. The van der Waals surface area contributed by atoms with Crippen molar-refractivity contribution >= 4 is 6.29 Å². The van der Waals surface area contributed by atoms with E-state index in [0.29, 0.717) is 5.69 Å². The Bertz CT molecular complexity index is 378. The van der Waals surface area contributed by atoms with Crippen molar-refractivity contribution in [1.82, 2.24) is 14.7 Å². The Morgan fingerprint density at radius 1 is 1.47 bits per heavy atom. The van der Waals surface area contributed by atoms with Crippen molar-refractivity contribution in [3.05, 3.63) is 17.5 Å². The van der Waals surface area contributed by atoms with Gasteiger partial charge in [0.15, 0.2) is 6.29 Å². The Hall–Kier alpha value is -1.16. The van der Waals surface area contributed by atoms with Crippen molar-refractivity contribution in [2.24, 2.45) is 13.0 Å². The number of aromatic nitrogens is 2. The zero-order valence-corrected chi connectivity index (χ0v) is 10.7. The summed E-state index contributed by atoms with van der Waals surface area (Å²) >= 11 is 0. The van der Waals surface area contributed by atoms with Gasteiger partial charge in [0.05, 0.1) is 5.69 Å². The van der Waals surface area contributed by atoms with E-state index in [9.17, 15) is 4.79 Å². The first-order valence-corrected chi connectivity index (χ1v) is 6.43. The molecule has 94 valence electrons. The summed E-state index contributed by atoms with van der Waals surface area (Å²) in [5.41, 5.74) is 1.73. The molecule has 0 N–H and O–H groups in total. The number of hydrogen-bond donors (Lipinski definition) is 0. The standard InChI is InChI=1S/C13H21N3O/c1-3-16-6-4-11(5-7-16)8-12-9-13(10-17)15(2)14-12/h9-11H,3-8H2,1-2H3. The van der Waals surface area contributed by atoms with Crippen LogP contribution in [0.3, 0.4) is 0 Å². The van der Waals surface area contributed by atoms with Crippen molar-refractivity contribution in [1.29, 1.82) is 0 Å². The van der Waals surface area contributed by atoms with Gasteiger partial charge >= 0.3 is 0 Å². The summed E-state index contributed by atoms with van der Waals surface area (Å²) in [5.74, 6) is 0.729. The fourth-order valence-electron chi connectivity index (χ4n) is 2.56. The predicted molar refractivity (Wildman–Crippen MR) is 67.1 cm³/mol. The van der Waals surface area contributed by atoms with Gasteiger partial charge in [0.25, 0.3) is 0 Å². The van der Waals surface area contributed by atoms with E-state index >= 15 is 0 Å². The molecule has 1 aromatic heterocycles. The summed E-state index contributed by atoms with van der Waals surface area (Å²) in [5, 5.41) is 4.39. The van der Waals surface area contributed by atoms with Gasteiger partial charge in [-0.25, -0.2) is 0 Å². The van der Waals surface area contributed by atoms with Gasteiger partial charge in [-0.2, -0.15) is 5.10 Å². The molecule has 0 spiro atoms.